The fourth-order valence-corrected chi connectivity index (χ4v) is 1.96. The third-order valence-corrected chi connectivity index (χ3v) is 2.96. The number of benzene rings is 1. The number of nitrogens with one attached hydrogen (secondary N) is 1. The first-order valence-corrected chi connectivity index (χ1v) is 5.67. The zero-order chi connectivity index (χ0) is 11.7. The first kappa shape index (κ1) is 10.2. The molecule has 0 saturated carbocycles. The first-order valence-electron chi connectivity index (χ1n) is 4.88. The van der Waals surface area contributed by atoms with E-state index >= 15 is 0 Å². The van der Waals surface area contributed by atoms with E-state index in [1.807, 2.05) is 30.5 Å². The molecule has 3 aromatic rings. The van der Waals surface area contributed by atoms with E-state index in [4.69, 9.17) is 0 Å². The molecule has 0 aliphatic carbocycles. The van der Waals surface area contributed by atoms with Crippen molar-refractivity contribution in [2.24, 2.45) is 0 Å². The molecule has 0 radical (unpaired) electrons. The van der Waals surface area contributed by atoms with Gasteiger partial charge in [0.2, 0.25) is 5.82 Å². The van der Waals surface area contributed by atoms with E-state index in [0.29, 0.717) is 5.82 Å². The second-order valence-electron chi connectivity index (χ2n) is 3.36. The highest BCUT2D eigenvalue weighted by atomic mass is 79.9. The number of H-pyrrole nitrogens is 1. The van der Waals surface area contributed by atoms with Gasteiger partial charge in [-0.1, -0.05) is 12.1 Å². The van der Waals surface area contributed by atoms with Gasteiger partial charge in [-0.15, -0.1) is 10.2 Å². The van der Waals surface area contributed by atoms with Crippen molar-refractivity contribution in [2.75, 3.05) is 0 Å². The van der Waals surface area contributed by atoms with Crippen LogP contribution in [-0.4, -0.2) is 30.4 Å². The van der Waals surface area contributed by atoms with Crippen LogP contribution in [0.3, 0.4) is 0 Å². The Hall–Kier alpha value is -2.02. The van der Waals surface area contributed by atoms with E-state index in [0.717, 1.165) is 15.7 Å². The highest BCUT2D eigenvalue weighted by molar-refractivity contribution is 9.10. The molecule has 0 amide bonds. The van der Waals surface area contributed by atoms with Gasteiger partial charge in [-0.05, 0) is 33.3 Å². The quantitative estimate of drug-likeness (QED) is 0.781. The molecular weight excluding hydrogens is 284 g/mol. The lowest BCUT2D eigenvalue weighted by atomic mass is 10.3. The molecule has 3 rings (SSSR count). The summed E-state index contributed by atoms with van der Waals surface area (Å²) in [5.41, 5.74) is 1.77. The molecule has 17 heavy (non-hydrogen) atoms. The summed E-state index contributed by atoms with van der Waals surface area (Å²) in [5, 5.41) is 18.0. The van der Waals surface area contributed by atoms with E-state index in [9.17, 15) is 0 Å². The molecule has 2 aromatic heterocycles. The molecule has 1 N–H and O–H groups in total. The van der Waals surface area contributed by atoms with Gasteiger partial charge in [0.1, 0.15) is 0 Å². The Balaban J connectivity index is 2.04. The predicted molar refractivity (Wildman–Crippen MR) is 64.4 cm³/mol. The SMILES string of the molecule is Brc1ccccc1-n1cc(-c2nn[nH]n2)cn1. The number of hydrogen-bond acceptors (Lipinski definition) is 4. The van der Waals surface area contributed by atoms with Gasteiger partial charge in [0.05, 0.1) is 17.4 Å². The van der Waals surface area contributed by atoms with Crippen LogP contribution in [0.2, 0.25) is 0 Å². The van der Waals surface area contributed by atoms with Crippen LogP contribution in [0.15, 0.2) is 41.1 Å². The van der Waals surface area contributed by atoms with E-state index in [-0.39, 0.29) is 0 Å². The number of aromatic nitrogens is 6. The maximum absolute atomic E-state index is 4.27. The molecule has 84 valence electrons. The van der Waals surface area contributed by atoms with Gasteiger partial charge < -0.3 is 0 Å². The number of para-hydroxylation sites is 1. The van der Waals surface area contributed by atoms with Crippen LogP contribution in [0, 0.1) is 0 Å². The molecule has 7 heteroatoms. The lowest BCUT2D eigenvalue weighted by Gasteiger charge is -2.02. The molecule has 2 heterocycles. The molecule has 0 unspecified atom stereocenters. The largest absolute Gasteiger partial charge is 0.239 e. The third-order valence-electron chi connectivity index (χ3n) is 2.29. The molecular formula is C10H7BrN6. The Morgan fingerprint density at radius 3 is 2.88 bits per heavy atom. The normalized spacial score (nSPS) is 10.6. The second kappa shape index (κ2) is 4.10. The van der Waals surface area contributed by atoms with Crippen LogP contribution in [-0.2, 0) is 0 Å². The fraction of sp³-hybridized carbons (Fsp3) is 0. The van der Waals surface area contributed by atoms with Crippen molar-refractivity contribution >= 4 is 15.9 Å². The molecule has 0 fully saturated rings. The molecule has 0 saturated heterocycles. The summed E-state index contributed by atoms with van der Waals surface area (Å²) in [6.07, 6.45) is 3.55. The molecule has 6 nitrogen and oxygen atoms in total. The van der Waals surface area contributed by atoms with E-state index in [2.05, 4.69) is 41.7 Å². The highest BCUT2D eigenvalue weighted by Gasteiger charge is 2.08. The van der Waals surface area contributed by atoms with Crippen LogP contribution in [0.5, 0.6) is 0 Å². The zero-order valence-corrected chi connectivity index (χ0v) is 10.2. The summed E-state index contributed by atoms with van der Waals surface area (Å²) in [7, 11) is 0. The summed E-state index contributed by atoms with van der Waals surface area (Å²) in [6.45, 7) is 0. The molecule has 1 aromatic carbocycles. The van der Waals surface area contributed by atoms with Crippen molar-refractivity contribution in [3.63, 3.8) is 0 Å². The van der Waals surface area contributed by atoms with Crippen molar-refractivity contribution in [2.45, 2.75) is 0 Å². The lowest BCUT2D eigenvalue weighted by molar-refractivity contribution is 0.876. The van der Waals surface area contributed by atoms with Crippen molar-refractivity contribution in [1.29, 1.82) is 0 Å². The molecule has 0 aliphatic rings. The van der Waals surface area contributed by atoms with Gasteiger partial charge in [0.25, 0.3) is 0 Å². The summed E-state index contributed by atoms with van der Waals surface area (Å²) in [5.74, 6) is 0.531. The highest BCUT2D eigenvalue weighted by Crippen LogP contribution is 2.21. The fourth-order valence-electron chi connectivity index (χ4n) is 1.49. The van der Waals surface area contributed by atoms with Gasteiger partial charge >= 0.3 is 0 Å². The Morgan fingerprint density at radius 2 is 2.12 bits per heavy atom. The number of nitrogens with zero attached hydrogens (tertiary/aromatic N) is 5. The van der Waals surface area contributed by atoms with Crippen LogP contribution in [0.4, 0.5) is 0 Å². The first-order chi connectivity index (χ1) is 8.34. The second-order valence-corrected chi connectivity index (χ2v) is 4.21. The molecule has 0 aliphatic heterocycles. The van der Waals surface area contributed by atoms with Crippen LogP contribution in [0.25, 0.3) is 17.1 Å². The lowest BCUT2D eigenvalue weighted by Crippen LogP contribution is -1.94. The van der Waals surface area contributed by atoms with Crippen LogP contribution < -0.4 is 0 Å². The number of rotatable bonds is 2. The minimum absolute atomic E-state index is 0.531. The van der Waals surface area contributed by atoms with E-state index < -0.39 is 0 Å². The maximum atomic E-state index is 4.27. The molecule has 0 bridgehead atoms. The van der Waals surface area contributed by atoms with Crippen molar-refractivity contribution < 1.29 is 0 Å². The maximum Gasteiger partial charge on any atom is 0.207 e. The van der Waals surface area contributed by atoms with Gasteiger partial charge in [-0.3, -0.25) is 0 Å². The predicted octanol–water partition coefficient (Wildman–Crippen LogP) is 1.81. The van der Waals surface area contributed by atoms with Crippen molar-refractivity contribution in [3.8, 4) is 17.1 Å². The number of aromatic amines is 1. The average Bonchev–Trinajstić information content (AvgIpc) is 3.00. The number of halogens is 1. The minimum Gasteiger partial charge on any atom is -0.239 e. The van der Waals surface area contributed by atoms with Crippen molar-refractivity contribution in [3.05, 3.63) is 41.1 Å². The average molecular weight is 291 g/mol. The summed E-state index contributed by atoms with van der Waals surface area (Å²) in [4.78, 5) is 0. The Kier molecular flexibility index (Phi) is 2.45. The Bertz CT molecular complexity index is 630. The van der Waals surface area contributed by atoms with E-state index in [1.54, 1.807) is 10.9 Å². The smallest absolute Gasteiger partial charge is 0.207 e. The van der Waals surface area contributed by atoms with Crippen LogP contribution >= 0.6 is 15.9 Å². The van der Waals surface area contributed by atoms with Gasteiger partial charge in [0, 0.05) is 10.7 Å². The summed E-state index contributed by atoms with van der Waals surface area (Å²) in [6, 6.07) is 7.84. The molecule has 0 atom stereocenters. The monoisotopic (exact) mass is 290 g/mol. The number of tetrazole rings is 1. The van der Waals surface area contributed by atoms with Gasteiger partial charge in [0.15, 0.2) is 0 Å². The van der Waals surface area contributed by atoms with Crippen molar-refractivity contribution in [1.82, 2.24) is 30.4 Å². The Morgan fingerprint density at radius 1 is 1.24 bits per heavy atom. The topological polar surface area (TPSA) is 72.3 Å². The number of hydrogen-bond donors (Lipinski definition) is 1. The summed E-state index contributed by atoms with van der Waals surface area (Å²) < 4.78 is 2.73. The Labute approximate surface area is 105 Å². The van der Waals surface area contributed by atoms with Gasteiger partial charge in [-0.25, -0.2) is 4.68 Å². The van der Waals surface area contributed by atoms with Gasteiger partial charge in [-0.2, -0.15) is 10.3 Å². The third kappa shape index (κ3) is 1.84. The zero-order valence-electron chi connectivity index (χ0n) is 8.58. The standard InChI is InChI=1S/C10H7BrN6/c11-8-3-1-2-4-9(8)17-6-7(5-12-17)10-13-15-16-14-10/h1-6H,(H,13,14,15,16). The molecule has 0 spiro atoms. The van der Waals surface area contributed by atoms with Crippen LogP contribution in [0.1, 0.15) is 0 Å². The summed E-state index contributed by atoms with van der Waals surface area (Å²) >= 11 is 3.48. The minimum atomic E-state index is 0.531. The van der Waals surface area contributed by atoms with E-state index in [1.165, 1.54) is 0 Å².